The van der Waals surface area contributed by atoms with Gasteiger partial charge in [-0.1, -0.05) is 124 Å². The summed E-state index contributed by atoms with van der Waals surface area (Å²) < 4.78 is 0. The van der Waals surface area contributed by atoms with E-state index in [9.17, 15) is 4.79 Å². The van der Waals surface area contributed by atoms with Crippen LogP contribution in [0.15, 0.2) is 0 Å². The molecule has 168 valence electrons. The first-order chi connectivity index (χ1) is 13.8. The summed E-state index contributed by atoms with van der Waals surface area (Å²) in [5, 5.41) is 0. The molecule has 0 aromatic heterocycles. The van der Waals surface area contributed by atoms with Crippen LogP contribution in [0.3, 0.4) is 0 Å². The summed E-state index contributed by atoms with van der Waals surface area (Å²) in [5.41, 5.74) is 0. The lowest BCUT2D eigenvalue weighted by Gasteiger charge is -2.23. The van der Waals surface area contributed by atoms with Crippen molar-refractivity contribution in [2.45, 2.75) is 149 Å². The third-order valence-corrected chi connectivity index (χ3v) is 5.91. The van der Waals surface area contributed by atoms with Crippen LogP contribution >= 0.6 is 0 Å². The van der Waals surface area contributed by atoms with Gasteiger partial charge in [-0.3, -0.25) is 4.79 Å². The highest BCUT2D eigenvalue weighted by Gasteiger charge is 2.12. The van der Waals surface area contributed by atoms with Gasteiger partial charge in [0.2, 0.25) is 5.91 Å². The fourth-order valence-corrected chi connectivity index (χ4v) is 3.92. The van der Waals surface area contributed by atoms with Crippen LogP contribution in [0.1, 0.15) is 149 Å². The molecule has 0 N–H and O–H groups in total. The first-order valence-electron chi connectivity index (χ1n) is 13.0. The van der Waals surface area contributed by atoms with Gasteiger partial charge in [-0.15, -0.1) is 0 Å². The Labute approximate surface area is 178 Å². The molecule has 0 bridgehead atoms. The zero-order valence-electron chi connectivity index (χ0n) is 19.9. The molecule has 2 heteroatoms. The number of nitrogens with zero attached hydrogens (tertiary/aromatic N) is 1. The molecule has 0 saturated carbocycles. The summed E-state index contributed by atoms with van der Waals surface area (Å²) in [6.07, 6.45) is 25.8. The minimum Gasteiger partial charge on any atom is -0.343 e. The monoisotopic (exact) mass is 395 g/mol. The zero-order chi connectivity index (χ0) is 20.7. The van der Waals surface area contributed by atoms with Gasteiger partial charge in [-0.2, -0.15) is 0 Å². The lowest BCUT2D eigenvalue weighted by atomic mass is 10.0. The maximum absolute atomic E-state index is 12.6. The van der Waals surface area contributed by atoms with Crippen LogP contribution < -0.4 is 0 Å². The molecule has 28 heavy (non-hydrogen) atoms. The van der Waals surface area contributed by atoms with Gasteiger partial charge in [0.1, 0.15) is 0 Å². The Bertz CT molecular complexity index is 306. The lowest BCUT2D eigenvalue weighted by Crippen LogP contribution is -2.32. The van der Waals surface area contributed by atoms with Crippen molar-refractivity contribution in [1.82, 2.24) is 4.90 Å². The Morgan fingerprint density at radius 1 is 0.464 bits per heavy atom. The Hall–Kier alpha value is -0.530. The maximum Gasteiger partial charge on any atom is 0.222 e. The van der Waals surface area contributed by atoms with Gasteiger partial charge < -0.3 is 4.90 Å². The van der Waals surface area contributed by atoms with Gasteiger partial charge in [0, 0.05) is 19.5 Å². The summed E-state index contributed by atoms with van der Waals surface area (Å²) in [6, 6.07) is 0. The van der Waals surface area contributed by atoms with Crippen molar-refractivity contribution in [2.24, 2.45) is 0 Å². The number of carbonyl (C=O) groups is 1. The molecule has 0 aromatic carbocycles. The molecule has 0 rings (SSSR count). The molecule has 0 atom stereocenters. The van der Waals surface area contributed by atoms with Crippen molar-refractivity contribution in [3.8, 4) is 0 Å². The second kappa shape index (κ2) is 22.8. The normalized spacial score (nSPS) is 11.1. The Morgan fingerprint density at radius 2 is 0.786 bits per heavy atom. The van der Waals surface area contributed by atoms with Crippen LogP contribution in [-0.4, -0.2) is 23.9 Å². The maximum atomic E-state index is 12.6. The highest BCUT2D eigenvalue weighted by molar-refractivity contribution is 5.76. The predicted octanol–water partition coefficient (Wildman–Crippen LogP) is 8.68. The van der Waals surface area contributed by atoms with E-state index in [1.807, 2.05) is 0 Å². The Morgan fingerprint density at radius 3 is 1.18 bits per heavy atom. The molecule has 0 fully saturated rings. The Balaban J connectivity index is 3.59. The number of hydrogen-bond acceptors (Lipinski definition) is 1. The summed E-state index contributed by atoms with van der Waals surface area (Å²) in [5.74, 6) is 0.412. The molecule has 0 unspecified atom stereocenters. The van der Waals surface area contributed by atoms with E-state index in [4.69, 9.17) is 0 Å². The van der Waals surface area contributed by atoms with Gasteiger partial charge in [0.25, 0.3) is 0 Å². The minimum atomic E-state index is 0.412. The molecule has 0 aliphatic rings. The second-order valence-electron chi connectivity index (χ2n) is 8.79. The van der Waals surface area contributed by atoms with Crippen LogP contribution in [0.25, 0.3) is 0 Å². The largest absolute Gasteiger partial charge is 0.343 e. The van der Waals surface area contributed by atoms with Crippen molar-refractivity contribution in [2.75, 3.05) is 13.1 Å². The lowest BCUT2D eigenvalue weighted by molar-refractivity contribution is -0.131. The molecule has 0 radical (unpaired) electrons. The smallest absolute Gasteiger partial charge is 0.222 e. The third kappa shape index (κ3) is 18.8. The first-order valence-corrected chi connectivity index (χ1v) is 13.0. The molecule has 2 nitrogen and oxygen atoms in total. The zero-order valence-corrected chi connectivity index (χ0v) is 19.9. The van der Waals surface area contributed by atoms with E-state index in [2.05, 4.69) is 25.7 Å². The van der Waals surface area contributed by atoms with E-state index in [0.717, 1.165) is 25.9 Å². The summed E-state index contributed by atoms with van der Waals surface area (Å²) in [6.45, 7) is 8.71. The molecular weight excluding hydrogens is 342 g/mol. The van der Waals surface area contributed by atoms with Gasteiger partial charge in [-0.05, 0) is 19.3 Å². The van der Waals surface area contributed by atoms with Gasteiger partial charge in [-0.25, -0.2) is 0 Å². The first kappa shape index (κ1) is 27.5. The summed E-state index contributed by atoms with van der Waals surface area (Å²) >= 11 is 0. The van der Waals surface area contributed by atoms with Crippen LogP contribution in [0.4, 0.5) is 0 Å². The van der Waals surface area contributed by atoms with Crippen molar-refractivity contribution in [3.05, 3.63) is 0 Å². The standard InChI is InChI=1S/C26H53NO/c1-4-7-10-11-12-13-14-15-16-17-18-19-20-23-26(28)27(24-21-8-5-2)25-22-9-6-3/h4-25H2,1-3H3. The number of rotatable bonds is 22. The number of carbonyl (C=O) groups excluding carboxylic acids is 1. The molecule has 0 heterocycles. The molecular formula is C26H53NO. The van der Waals surface area contributed by atoms with Gasteiger partial charge in [0.15, 0.2) is 0 Å². The average Bonchev–Trinajstić information content (AvgIpc) is 2.70. The molecule has 0 spiro atoms. The topological polar surface area (TPSA) is 20.3 Å². The van der Waals surface area contributed by atoms with Crippen molar-refractivity contribution in [3.63, 3.8) is 0 Å². The van der Waals surface area contributed by atoms with Crippen LogP contribution in [0, 0.1) is 0 Å². The highest BCUT2D eigenvalue weighted by atomic mass is 16.2. The molecule has 1 amide bonds. The fourth-order valence-electron chi connectivity index (χ4n) is 3.92. The molecule has 0 aliphatic carbocycles. The SMILES string of the molecule is CCCCCCCCCCCCCCCC(=O)N(CCCCC)CCCCC. The highest BCUT2D eigenvalue weighted by Crippen LogP contribution is 2.14. The van der Waals surface area contributed by atoms with Crippen molar-refractivity contribution < 1.29 is 4.79 Å². The average molecular weight is 396 g/mol. The second-order valence-corrected chi connectivity index (χ2v) is 8.79. The third-order valence-electron chi connectivity index (χ3n) is 5.91. The van der Waals surface area contributed by atoms with E-state index in [1.165, 1.54) is 116 Å². The molecule has 0 aliphatic heterocycles. The van der Waals surface area contributed by atoms with Crippen molar-refractivity contribution >= 4 is 5.91 Å². The van der Waals surface area contributed by atoms with E-state index >= 15 is 0 Å². The van der Waals surface area contributed by atoms with E-state index in [-0.39, 0.29) is 0 Å². The summed E-state index contributed by atoms with van der Waals surface area (Å²) in [4.78, 5) is 14.7. The number of amides is 1. The van der Waals surface area contributed by atoms with Gasteiger partial charge >= 0.3 is 0 Å². The predicted molar refractivity (Wildman–Crippen MR) is 126 cm³/mol. The Kier molecular flexibility index (Phi) is 22.3. The quantitative estimate of drug-likeness (QED) is 0.168. The van der Waals surface area contributed by atoms with E-state index < -0.39 is 0 Å². The molecule has 0 saturated heterocycles. The summed E-state index contributed by atoms with van der Waals surface area (Å²) in [7, 11) is 0. The number of unbranched alkanes of at least 4 members (excludes halogenated alkanes) is 16. The van der Waals surface area contributed by atoms with Crippen LogP contribution in [0.5, 0.6) is 0 Å². The minimum absolute atomic E-state index is 0.412. The van der Waals surface area contributed by atoms with Crippen LogP contribution in [0.2, 0.25) is 0 Å². The number of hydrogen-bond donors (Lipinski definition) is 0. The van der Waals surface area contributed by atoms with E-state index in [0.29, 0.717) is 5.91 Å². The molecule has 0 aromatic rings. The van der Waals surface area contributed by atoms with E-state index in [1.54, 1.807) is 0 Å². The van der Waals surface area contributed by atoms with Gasteiger partial charge in [0.05, 0.1) is 0 Å². The van der Waals surface area contributed by atoms with Crippen LogP contribution in [-0.2, 0) is 4.79 Å². The van der Waals surface area contributed by atoms with Crippen molar-refractivity contribution in [1.29, 1.82) is 0 Å². The fraction of sp³-hybridized carbons (Fsp3) is 0.962.